The Kier molecular flexibility index (Phi) is 5.23. The molecule has 104 valence electrons. The molecule has 1 rings (SSSR count). The van der Waals surface area contributed by atoms with E-state index in [2.05, 4.69) is 20.6 Å². The van der Waals surface area contributed by atoms with E-state index in [1.54, 1.807) is 20.8 Å². The van der Waals surface area contributed by atoms with Gasteiger partial charge in [0.25, 0.3) is 0 Å². The molecule has 0 aromatic carbocycles. The molecule has 0 saturated heterocycles. The molecule has 19 heavy (non-hydrogen) atoms. The average molecular weight is 266 g/mol. The van der Waals surface area contributed by atoms with Crippen molar-refractivity contribution in [3.05, 3.63) is 18.6 Å². The summed E-state index contributed by atoms with van der Waals surface area (Å²) >= 11 is 0. The number of alkyl carbamates (subject to hydrolysis) is 1. The molecule has 2 N–H and O–H groups in total. The smallest absolute Gasteiger partial charge is 0.407 e. The molecule has 1 heterocycles. The van der Waals surface area contributed by atoms with E-state index in [1.807, 2.05) is 0 Å². The van der Waals surface area contributed by atoms with Crippen LogP contribution in [-0.2, 0) is 9.53 Å². The lowest BCUT2D eigenvalue weighted by molar-refractivity contribution is -0.116. The largest absolute Gasteiger partial charge is 0.444 e. The fourth-order valence-corrected chi connectivity index (χ4v) is 1.16. The van der Waals surface area contributed by atoms with Gasteiger partial charge in [-0.05, 0) is 20.8 Å². The van der Waals surface area contributed by atoms with Crippen LogP contribution >= 0.6 is 0 Å². The fraction of sp³-hybridized carbons (Fsp3) is 0.500. The molecule has 0 unspecified atom stereocenters. The van der Waals surface area contributed by atoms with Crippen LogP contribution in [-0.4, -0.2) is 34.1 Å². The topological polar surface area (TPSA) is 93.2 Å². The van der Waals surface area contributed by atoms with Crippen LogP contribution in [0.1, 0.15) is 27.2 Å². The van der Waals surface area contributed by atoms with Crippen LogP contribution in [0.4, 0.5) is 10.6 Å². The predicted octanol–water partition coefficient (Wildman–Crippen LogP) is 1.33. The summed E-state index contributed by atoms with van der Waals surface area (Å²) in [4.78, 5) is 30.5. The van der Waals surface area contributed by atoms with Crippen LogP contribution in [0.15, 0.2) is 18.6 Å². The molecule has 0 radical (unpaired) electrons. The van der Waals surface area contributed by atoms with E-state index in [0.717, 1.165) is 0 Å². The second kappa shape index (κ2) is 6.67. The lowest BCUT2D eigenvalue weighted by Crippen LogP contribution is -2.34. The third kappa shape index (κ3) is 6.97. The summed E-state index contributed by atoms with van der Waals surface area (Å²) in [5, 5.41) is 5.06. The number of nitrogens with one attached hydrogen (secondary N) is 2. The van der Waals surface area contributed by atoms with Crippen molar-refractivity contribution in [1.29, 1.82) is 0 Å². The maximum absolute atomic E-state index is 11.5. The van der Waals surface area contributed by atoms with Crippen LogP contribution in [0.25, 0.3) is 0 Å². The summed E-state index contributed by atoms with van der Waals surface area (Å²) in [7, 11) is 0. The highest BCUT2D eigenvalue weighted by molar-refractivity contribution is 5.89. The molecular weight excluding hydrogens is 248 g/mol. The van der Waals surface area contributed by atoms with Gasteiger partial charge in [0.15, 0.2) is 5.82 Å². The van der Waals surface area contributed by atoms with Crippen molar-refractivity contribution in [2.45, 2.75) is 32.8 Å². The second-order valence-corrected chi connectivity index (χ2v) is 4.82. The van der Waals surface area contributed by atoms with Crippen molar-refractivity contribution >= 4 is 17.8 Å². The van der Waals surface area contributed by atoms with Crippen LogP contribution in [0, 0.1) is 0 Å². The summed E-state index contributed by atoms with van der Waals surface area (Å²) < 4.78 is 5.03. The highest BCUT2D eigenvalue weighted by Gasteiger charge is 2.15. The molecule has 0 aliphatic carbocycles. The van der Waals surface area contributed by atoms with E-state index in [0.29, 0.717) is 5.82 Å². The Morgan fingerprint density at radius 2 is 2.05 bits per heavy atom. The van der Waals surface area contributed by atoms with Gasteiger partial charge in [0.1, 0.15) is 5.60 Å². The van der Waals surface area contributed by atoms with E-state index in [1.165, 1.54) is 18.6 Å². The Morgan fingerprint density at radius 3 is 2.63 bits per heavy atom. The van der Waals surface area contributed by atoms with Gasteiger partial charge in [-0.3, -0.25) is 9.78 Å². The van der Waals surface area contributed by atoms with Crippen molar-refractivity contribution in [2.75, 3.05) is 11.9 Å². The number of ether oxygens (including phenoxy) is 1. The molecule has 7 nitrogen and oxygen atoms in total. The van der Waals surface area contributed by atoms with Gasteiger partial charge in [0.05, 0.1) is 6.20 Å². The van der Waals surface area contributed by atoms with Gasteiger partial charge in [-0.15, -0.1) is 0 Å². The van der Waals surface area contributed by atoms with E-state index in [-0.39, 0.29) is 18.9 Å². The Balaban J connectivity index is 2.23. The maximum Gasteiger partial charge on any atom is 0.407 e. The van der Waals surface area contributed by atoms with Gasteiger partial charge in [0, 0.05) is 25.4 Å². The van der Waals surface area contributed by atoms with Crippen molar-refractivity contribution in [3.8, 4) is 0 Å². The molecule has 0 spiro atoms. The molecule has 0 atom stereocenters. The highest BCUT2D eigenvalue weighted by Crippen LogP contribution is 2.06. The molecule has 1 aromatic heterocycles. The number of aromatic nitrogens is 2. The minimum absolute atomic E-state index is 0.135. The van der Waals surface area contributed by atoms with Crippen LogP contribution in [0.3, 0.4) is 0 Å². The Labute approximate surface area is 111 Å². The van der Waals surface area contributed by atoms with E-state index < -0.39 is 11.7 Å². The first-order valence-corrected chi connectivity index (χ1v) is 5.89. The van der Waals surface area contributed by atoms with Crippen LogP contribution in [0.5, 0.6) is 0 Å². The maximum atomic E-state index is 11.5. The first-order valence-electron chi connectivity index (χ1n) is 5.89. The van der Waals surface area contributed by atoms with Crippen LogP contribution in [0.2, 0.25) is 0 Å². The zero-order valence-corrected chi connectivity index (χ0v) is 11.3. The van der Waals surface area contributed by atoms with E-state index >= 15 is 0 Å². The Hall–Kier alpha value is -2.18. The third-order valence-electron chi connectivity index (χ3n) is 1.85. The van der Waals surface area contributed by atoms with Crippen molar-refractivity contribution in [1.82, 2.24) is 15.3 Å². The van der Waals surface area contributed by atoms with Crippen molar-refractivity contribution in [2.24, 2.45) is 0 Å². The third-order valence-corrected chi connectivity index (χ3v) is 1.85. The van der Waals surface area contributed by atoms with Gasteiger partial charge >= 0.3 is 6.09 Å². The standard InChI is InChI=1S/C12H18N4O3/c1-12(2,3)19-11(18)15-5-4-10(17)16-9-8-13-6-7-14-9/h6-8H,4-5H2,1-3H3,(H,15,18)(H,14,16,17). The van der Waals surface area contributed by atoms with E-state index in [4.69, 9.17) is 4.74 Å². The normalized spacial score (nSPS) is 10.7. The predicted molar refractivity (Wildman–Crippen MR) is 69.5 cm³/mol. The zero-order chi connectivity index (χ0) is 14.3. The fourth-order valence-electron chi connectivity index (χ4n) is 1.16. The molecule has 0 fully saturated rings. The summed E-state index contributed by atoms with van der Waals surface area (Å²) in [5.74, 6) is 0.126. The average Bonchev–Trinajstić information content (AvgIpc) is 2.27. The van der Waals surface area contributed by atoms with Gasteiger partial charge < -0.3 is 15.4 Å². The quantitative estimate of drug-likeness (QED) is 0.857. The molecular formula is C12H18N4O3. The number of hydrogen-bond donors (Lipinski definition) is 2. The monoisotopic (exact) mass is 266 g/mol. The number of hydrogen-bond acceptors (Lipinski definition) is 5. The molecule has 0 aliphatic heterocycles. The van der Waals surface area contributed by atoms with Gasteiger partial charge in [0.2, 0.25) is 5.91 Å². The zero-order valence-electron chi connectivity index (χ0n) is 11.3. The second-order valence-electron chi connectivity index (χ2n) is 4.82. The van der Waals surface area contributed by atoms with Crippen molar-refractivity contribution < 1.29 is 14.3 Å². The molecule has 0 saturated carbocycles. The first-order chi connectivity index (χ1) is 8.87. The van der Waals surface area contributed by atoms with Gasteiger partial charge in [-0.2, -0.15) is 0 Å². The molecule has 0 aliphatic rings. The minimum Gasteiger partial charge on any atom is -0.444 e. The number of nitrogens with zero attached hydrogens (tertiary/aromatic N) is 2. The summed E-state index contributed by atoms with van der Waals surface area (Å²) in [6, 6.07) is 0. The molecule has 1 aromatic rings. The molecule has 2 amide bonds. The first kappa shape index (κ1) is 14.9. The molecule has 0 bridgehead atoms. The van der Waals surface area contributed by atoms with Gasteiger partial charge in [-0.25, -0.2) is 9.78 Å². The Morgan fingerprint density at radius 1 is 1.32 bits per heavy atom. The highest BCUT2D eigenvalue weighted by atomic mass is 16.6. The lowest BCUT2D eigenvalue weighted by Gasteiger charge is -2.19. The number of rotatable bonds is 4. The number of anilines is 1. The number of carbonyl (C=O) groups is 2. The summed E-state index contributed by atoms with van der Waals surface area (Å²) in [6.45, 7) is 5.51. The summed E-state index contributed by atoms with van der Waals surface area (Å²) in [6.07, 6.45) is 4.03. The molecule has 7 heteroatoms. The number of amides is 2. The van der Waals surface area contributed by atoms with Gasteiger partial charge in [-0.1, -0.05) is 0 Å². The minimum atomic E-state index is -0.550. The van der Waals surface area contributed by atoms with E-state index in [9.17, 15) is 9.59 Å². The Bertz CT molecular complexity index is 428. The number of carbonyl (C=O) groups excluding carboxylic acids is 2. The van der Waals surface area contributed by atoms with Crippen LogP contribution < -0.4 is 10.6 Å². The SMILES string of the molecule is CC(C)(C)OC(=O)NCCC(=O)Nc1cnccn1. The van der Waals surface area contributed by atoms with Crippen molar-refractivity contribution in [3.63, 3.8) is 0 Å². The summed E-state index contributed by atoms with van der Waals surface area (Å²) in [5.41, 5.74) is -0.550. The lowest BCUT2D eigenvalue weighted by atomic mass is 10.2.